The van der Waals surface area contributed by atoms with E-state index in [2.05, 4.69) is 55.5 Å². The summed E-state index contributed by atoms with van der Waals surface area (Å²) >= 11 is 0. The summed E-state index contributed by atoms with van der Waals surface area (Å²) in [6.45, 7) is 3.83. The lowest BCUT2D eigenvalue weighted by atomic mass is 9.72. The minimum atomic E-state index is 0.295. The number of ketones is 1. The normalized spacial score (nSPS) is 20.9. The van der Waals surface area contributed by atoms with Crippen LogP contribution in [0.4, 0.5) is 0 Å². The molecular formula is C20H22O. The van der Waals surface area contributed by atoms with Crippen molar-refractivity contribution in [2.45, 2.75) is 44.9 Å². The first-order valence-corrected chi connectivity index (χ1v) is 7.80. The van der Waals surface area contributed by atoms with Crippen LogP contribution in [0.3, 0.4) is 0 Å². The molecule has 1 unspecified atom stereocenters. The van der Waals surface area contributed by atoms with E-state index in [0.29, 0.717) is 24.0 Å². The van der Waals surface area contributed by atoms with Crippen molar-refractivity contribution in [1.29, 1.82) is 0 Å². The number of aryl methyl sites for hydroxylation is 1. The van der Waals surface area contributed by atoms with Crippen LogP contribution in [0.1, 0.15) is 60.3 Å². The first-order chi connectivity index (χ1) is 10.1. The zero-order valence-electron chi connectivity index (χ0n) is 12.8. The largest absolute Gasteiger partial charge is 0.300 e. The molecular weight excluding hydrogens is 256 g/mol. The number of benzene rings is 2. The van der Waals surface area contributed by atoms with Crippen molar-refractivity contribution in [3.63, 3.8) is 0 Å². The van der Waals surface area contributed by atoms with Crippen LogP contribution < -0.4 is 0 Å². The topological polar surface area (TPSA) is 17.1 Å². The van der Waals surface area contributed by atoms with Gasteiger partial charge < -0.3 is 4.79 Å². The quantitative estimate of drug-likeness (QED) is 0.773. The third kappa shape index (κ3) is 2.92. The molecule has 0 spiro atoms. The Hall–Kier alpha value is -1.89. The summed E-state index contributed by atoms with van der Waals surface area (Å²) in [5, 5.41) is 0. The maximum absolute atomic E-state index is 11.5. The smallest absolute Gasteiger partial charge is 0.130 e. The van der Waals surface area contributed by atoms with Crippen molar-refractivity contribution < 1.29 is 4.79 Å². The molecule has 0 amide bonds. The third-order valence-electron chi connectivity index (χ3n) is 4.63. The SMILES string of the molecule is CC(=O)C[C@@H]1CCC(c2ccc(C)cc2)c2ccccc21. The van der Waals surface area contributed by atoms with Gasteiger partial charge in [0.25, 0.3) is 0 Å². The Labute approximate surface area is 127 Å². The molecule has 1 aliphatic carbocycles. The Morgan fingerprint density at radius 1 is 1.00 bits per heavy atom. The van der Waals surface area contributed by atoms with Crippen LogP contribution in [0.5, 0.6) is 0 Å². The summed E-state index contributed by atoms with van der Waals surface area (Å²) in [5.41, 5.74) is 5.50. The molecule has 0 heterocycles. The van der Waals surface area contributed by atoms with E-state index in [-0.39, 0.29) is 0 Å². The van der Waals surface area contributed by atoms with Crippen LogP contribution in [0, 0.1) is 6.92 Å². The van der Waals surface area contributed by atoms with Gasteiger partial charge in [0.05, 0.1) is 0 Å². The predicted molar refractivity (Wildman–Crippen MR) is 86.7 cm³/mol. The second-order valence-corrected chi connectivity index (χ2v) is 6.27. The highest BCUT2D eigenvalue weighted by molar-refractivity contribution is 5.76. The molecule has 0 radical (unpaired) electrons. The third-order valence-corrected chi connectivity index (χ3v) is 4.63. The van der Waals surface area contributed by atoms with Gasteiger partial charge in [-0.05, 0) is 49.3 Å². The van der Waals surface area contributed by atoms with Crippen LogP contribution in [-0.2, 0) is 4.79 Å². The molecule has 108 valence electrons. The lowest BCUT2D eigenvalue weighted by Gasteiger charge is -2.31. The monoisotopic (exact) mass is 278 g/mol. The van der Waals surface area contributed by atoms with Crippen molar-refractivity contribution in [1.82, 2.24) is 0 Å². The van der Waals surface area contributed by atoms with E-state index in [9.17, 15) is 4.79 Å². The van der Waals surface area contributed by atoms with Crippen LogP contribution in [-0.4, -0.2) is 5.78 Å². The van der Waals surface area contributed by atoms with E-state index in [1.807, 2.05) is 0 Å². The standard InChI is InChI=1S/C20H22O/c1-14-7-9-16(10-8-14)19-12-11-17(13-15(2)21)18-5-3-4-6-20(18)19/h3-10,17,19H,11-13H2,1-2H3/t17-,19?/m0/s1. The van der Waals surface area contributed by atoms with Gasteiger partial charge in [0.2, 0.25) is 0 Å². The first kappa shape index (κ1) is 14.1. The van der Waals surface area contributed by atoms with E-state index in [4.69, 9.17) is 0 Å². The molecule has 0 fully saturated rings. The minimum absolute atomic E-state index is 0.295. The molecule has 1 nitrogen and oxygen atoms in total. The van der Waals surface area contributed by atoms with Crippen molar-refractivity contribution in [2.75, 3.05) is 0 Å². The number of carbonyl (C=O) groups is 1. The summed E-state index contributed by atoms with van der Waals surface area (Å²) < 4.78 is 0. The van der Waals surface area contributed by atoms with E-state index >= 15 is 0 Å². The molecule has 2 atom stereocenters. The lowest BCUT2D eigenvalue weighted by Crippen LogP contribution is -2.17. The fourth-order valence-electron chi connectivity index (χ4n) is 3.58. The Balaban J connectivity index is 1.97. The van der Waals surface area contributed by atoms with Gasteiger partial charge in [0.15, 0.2) is 0 Å². The molecule has 0 bridgehead atoms. The average molecular weight is 278 g/mol. The van der Waals surface area contributed by atoms with Gasteiger partial charge in [-0.3, -0.25) is 0 Å². The molecule has 0 saturated carbocycles. The van der Waals surface area contributed by atoms with Crippen LogP contribution >= 0.6 is 0 Å². The van der Waals surface area contributed by atoms with Gasteiger partial charge in [-0.2, -0.15) is 0 Å². The maximum atomic E-state index is 11.5. The lowest BCUT2D eigenvalue weighted by molar-refractivity contribution is -0.117. The molecule has 1 aliphatic rings. The molecule has 0 aliphatic heterocycles. The highest BCUT2D eigenvalue weighted by atomic mass is 16.1. The fourth-order valence-corrected chi connectivity index (χ4v) is 3.58. The van der Waals surface area contributed by atoms with Crippen molar-refractivity contribution in [3.8, 4) is 0 Å². The van der Waals surface area contributed by atoms with E-state index in [1.165, 1.54) is 22.3 Å². The predicted octanol–water partition coefficient (Wildman–Crippen LogP) is 4.98. The van der Waals surface area contributed by atoms with Crippen molar-refractivity contribution in [2.24, 2.45) is 0 Å². The highest BCUT2D eigenvalue weighted by Gasteiger charge is 2.28. The Bertz CT molecular complexity index is 639. The first-order valence-electron chi connectivity index (χ1n) is 7.80. The molecule has 2 aromatic carbocycles. The van der Waals surface area contributed by atoms with Crippen LogP contribution in [0.15, 0.2) is 48.5 Å². The van der Waals surface area contributed by atoms with Gasteiger partial charge >= 0.3 is 0 Å². The second kappa shape index (κ2) is 5.85. The summed E-state index contributed by atoms with van der Waals surface area (Å²) in [6.07, 6.45) is 2.92. The number of hydrogen-bond acceptors (Lipinski definition) is 1. The molecule has 2 aromatic rings. The molecule has 0 N–H and O–H groups in total. The number of Topliss-reactive ketones (excluding diaryl/α,β-unsaturated/α-hetero) is 1. The second-order valence-electron chi connectivity index (χ2n) is 6.27. The molecule has 0 aromatic heterocycles. The maximum Gasteiger partial charge on any atom is 0.130 e. The summed E-state index contributed by atoms with van der Waals surface area (Å²) in [4.78, 5) is 11.5. The average Bonchev–Trinajstić information content (AvgIpc) is 2.48. The zero-order chi connectivity index (χ0) is 14.8. The van der Waals surface area contributed by atoms with E-state index in [0.717, 1.165) is 12.8 Å². The van der Waals surface area contributed by atoms with Gasteiger partial charge in [0, 0.05) is 12.3 Å². The zero-order valence-corrected chi connectivity index (χ0v) is 12.8. The summed E-state index contributed by atoms with van der Waals surface area (Å²) in [5.74, 6) is 1.17. The summed E-state index contributed by atoms with van der Waals surface area (Å²) in [7, 11) is 0. The van der Waals surface area contributed by atoms with Crippen LogP contribution in [0.2, 0.25) is 0 Å². The number of carbonyl (C=O) groups excluding carboxylic acids is 1. The Kier molecular flexibility index (Phi) is 3.92. The van der Waals surface area contributed by atoms with E-state index < -0.39 is 0 Å². The van der Waals surface area contributed by atoms with Gasteiger partial charge in [-0.25, -0.2) is 0 Å². The number of fused-ring (bicyclic) bond motifs is 1. The molecule has 3 rings (SSSR count). The Morgan fingerprint density at radius 3 is 2.33 bits per heavy atom. The molecule has 21 heavy (non-hydrogen) atoms. The minimum Gasteiger partial charge on any atom is -0.300 e. The number of rotatable bonds is 3. The van der Waals surface area contributed by atoms with Gasteiger partial charge in [0.1, 0.15) is 5.78 Å². The highest BCUT2D eigenvalue weighted by Crippen LogP contribution is 2.43. The summed E-state index contributed by atoms with van der Waals surface area (Å²) in [6, 6.07) is 17.6. The van der Waals surface area contributed by atoms with Crippen LogP contribution in [0.25, 0.3) is 0 Å². The number of hydrogen-bond donors (Lipinski definition) is 0. The van der Waals surface area contributed by atoms with Gasteiger partial charge in [-0.15, -0.1) is 0 Å². The molecule has 1 heteroatoms. The Morgan fingerprint density at radius 2 is 1.67 bits per heavy atom. The van der Waals surface area contributed by atoms with Gasteiger partial charge in [-0.1, -0.05) is 54.1 Å². The van der Waals surface area contributed by atoms with Crippen molar-refractivity contribution in [3.05, 3.63) is 70.8 Å². The molecule has 0 saturated heterocycles. The fraction of sp³-hybridized carbons (Fsp3) is 0.350. The van der Waals surface area contributed by atoms with Crippen molar-refractivity contribution >= 4 is 5.78 Å². The van der Waals surface area contributed by atoms with E-state index in [1.54, 1.807) is 6.92 Å².